The number of anilines is 2. The molecule has 7 heteroatoms. The van der Waals surface area contributed by atoms with E-state index in [2.05, 4.69) is 5.32 Å². The Morgan fingerprint density at radius 3 is 2.66 bits per heavy atom. The molecule has 0 atom stereocenters. The van der Waals surface area contributed by atoms with Crippen molar-refractivity contribution in [2.45, 2.75) is 38.0 Å². The third-order valence-corrected chi connectivity index (χ3v) is 7.70. The first-order valence-corrected chi connectivity index (χ1v) is 11.6. The third kappa shape index (κ3) is 3.48. The van der Waals surface area contributed by atoms with Crippen molar-refractivity contribution < 1.29 is 17.9 Å². The molecule has 2 aromatic carbocycles. The van der Waals surface area contributed by atoms with Crippen LogP contribution in [0.25, 0.3) is 0 Å². The summed E-state index contributed by atoms with van der Waals surface area (Å²) < 4.78 is 31.7. The van der Waals surface area contributed by atoms with Crippen molar-refractivity contribution in [3.05, 3.63) is 53.6 Å². The number of hydrogen-bond donors (Lipinski definition) is 1. The first-order chi connectivity index (χ1) is 13.9. The summed E-state index contributed by atoms with van der Waals surface area (Å²) >= 11 is 0. The lowest BCUT2D eigenvalue weighted by atomic mass is 9.93. The maximum Gasteiger partial charge on any atom is 0.235 e. The number of hydrogen-bond acceptors (Lipinski definition) is 4. The number of nitrogens with zero attached hydrogens (tertiary/aromatic N) is 1. The van der Waals surface area contributed by atoms with Gasteiger partial charge in [0.15, 0.2) is 0 Å². The lowest BCUT2D eigenvalue weighted by Gasteiger charge is -2.30. The second-order valence-corrected chi connectivity index (χ2v) is 9.84. The van der Waals surface area contributed by atoms with Crippen LogP contribution >= 0.6 is 0 Å². The van der Waals surface area contributed by atoms with Crippen LogP contribution in [-0.2, 0) is 26.7 Å². The van der Waals surface area contributed by atoms with E-state index in [9.17, 15) is 13.2 Å². The molecule has 0 radical (unpaired) electrons. The van der Waals surface area contributed by atoms with Gasteiger partial charge in [-0.05, 0) is 62.4 Å². The summed E-state index contributed by atoms with van der Waals surface area (Å²) in [5, 5.41) is 3.05. The molecule has 1 amide bonds. The summed E-state index contributed by atoms with van der Waals surface area (Å²) in [7, 11) is -1.68. The van der Waals surface area contributed by atoms with Gasteiger partial charge in [0, 0.05) is 17.8 Å². The number of carbonyl (C=O) groups is 1. The molecule has 29 heavy (non-hydrogen) atoms. The van der Waals surface area contributed by atoms with Crippen molar-refractivity contribution in [3.63, 3.8) is 0 Å². The largest absolute Gasteiger partial charge is 0.496 e. The van der Waals surface area contributed by atoms with Gasteiger partial charge in [-0.2, -0.15) is 0 Å². The van der Waals surface area contributed by atoms with Gasteiger partial charge in [-0.3, -0.25) is 9.10 Å². The topological polar surface area (TPSA) is 75.7 Å². The zero-order valence-electron chi connectivity index (χ0n) is 16.8. The quantitative estimate of drug-likeness (QED) is 0.785. The second kappa shape index (κ2) is 7.37. The molecule has 1 aliphatic heterocycles. The van der Waals surface area contributed by atoms with Crippen molar-refractivity contribution in [1.29, 1.82) is 0 Å². The molecule has 1 heterocycles. The molecular formula is C22H26N2O4S. The molecule has 1 fully saturated rings. The smallest absolute Gasteiger partial charge is 0.235 e. The van der Waals surface area contributed by atoms with E-state index in [-0.39, 0.29) is 11.7 Å². The number of sulfonamides is 1. The summed E-state index contributed by atoms with van der Waals surface area (Å²) in [5.41, 5.74) is 2.74. The Labute approximate surface area is 171 Å². The van der Waals surface area contributed by atoms with E-state index >= 15 is 0 Å². The minimum absolute atomic E-state index is 0.0456. The number of carbonyl (C=O) groups excluding carboxylic acids is 1. The van der Waals surface area contributed by atoms with E-state index in [0.717, 1.165) is 48.2 Å². The number of methoxy groups -OCH3 is 1. The van der Waals surface area contributed by atoms with Crippen molar-refractivity contribution in [3.8, 4) is 5.75 Å². The molecule has 6 nitrogen and oxygen atoms in total. The highest BCUT2D eigenvalue weighted by molar-refractivity contribution is 7.92. The number of nitrogens with one attached hydrogen (secondary N) is 1. The van der Waals surface area contributed by atoms with Gasteiger partial charge in [-0.1, -0.05) is 18.2 Å². The summed E-state index contributed by atoms with van der Waals surface area (Å²) in [6.07, 6.45) is 3.14. The van der Waals surface area contributed by atoms with Crippen LogP contribution in [0.4, 0.5) is 11.4 Å². The van der Waals surface area contributed by atoms with Gasteiger partial charge in [-0.15, -0.1) is 0 Å². The Hall–Kier alpha value is -2.54. The highest BCUT2D eigenvalue weighted by Gasteiger charge is 2.52. The number of fused-ring (bicyclic) bond motifs is 1. The molecule has 0 bridgehead atoms. The highest BCUT2D eigenvalue weighted by Crippen LogP contribution is 2.52. The number of amides is 1. The number of rotatable bonds is 6. The monoisotopic (exact) mass is 414 g/mol. The van der Waals surface area contributed by atoms with Gasteiger partial charge in [0.25, 0.3) is 0 Å². The zero-order valence-corrected chi connectivity index (χ0v) is 17.6. The maximum atomic E-state index is 13.1. The Morgan fingerprint density at radius 2 is 1.97 bits per heavy atom. The lowest BCUT2D eigenvalue weighted by Crippen LogP contribution is -2.36. The van der Waals surface area contributed by atoms with Crippen molar-refractivity contribution >= 4 is 27.3 Å². The number of para-hydroxylation sites is 1. The van der Waals surface area contributed by atoms with Crippen LogP contribution in [0, 0.1) is 0 Å². The van der Waals surface area contributed by atoms with Gasteiger partial charge in [0.2, 0.25) is 15.9 Å². The van der Waals surface area contributed by atoms with E-state index < -0.39 is 15.4 Å². The van der Waals surface area contributed by atoms with Crippen LogP contribution in [0.3, 0.4) is 0 Å². The van der Waals surface area contributed by atoms with Crippen molar-refractivity contribution in [1.82, 2.24) is 0 Å². The molecule has 154 valence electrons. The van der Waals surface area contributed by atoms with Gasteiger partial charge >= 0.3 is 0 Å². The molecule has 0 unspecified atom stereocenters. The molecule has 2 aliphatic rings. The van der Waals surface area contributed by atoms with E-state index in [1.165, 1.54) is 4.31 Å². The minimum atomic E-state index is -3.30. The predicted octanol–water partition coefficient (Wildman–Crippen LogP) is 3.47. The van der Waals surface area contributed by atoms with Crippen molar-refractivity contribution in [2.24, 2.45) is 0 Å². The van der Waals surface area contributed by atoms with E-state index in [1.807, 2.05) is 30.3 Å². The Bertz CT molecular complexity index is 1040. The second-order valence-electron chi connectivity index (χ2n) is 7.66. The predicted molar refractivity (Wildman–Crippen MR) is 114 cm³/mol. The average Bonchev–Trinajstić information content (AvgIpc) is 3.55. The molecule has 0 aromatic heterocycles. The van der Waals surface area contributed by atoms with E-state index in [1.54, 1.807) is 26.2 Å². The molecule has 0 spiro atoms. The summed E-state index contributed by atoms with van der Waals surface area (Å²) in [6, 6.07) is 13.2. The van der Waals surface area contributed by atoms with E-state index in [4.69, 9.17) is 4.74 Å². The summed E-state index contributed by atoms with van der Waals surface area (Å²) in [5.74, 6) is 0.758. The number of ether oxygens (including phenoxy) is 1. The summed E-state index contributed by atoms with van der Waals surface area (Å²) in [4.78, 5) is 13.1. The molecular weight excluding hydrogens is 388 g/mol. The zero-order chi connectivity index (χ0) is 20.6. The Balaban J connectivity index is 1.59. The standard InChI is InChI=1S/C22H26N2O4S/c1-3-29(26,27)24-14-6-7-16-15-17(10-11-19(16)24)23-21(25)22(12-13-22)18-8-4-5-9-20(18)28-2/h4-5,8-11,15H,3,6-7,12-14H2,1-2H3,(H,23,25). The lowest BCUT2D eigenvalue weighted by molar-refractivity contribution is -0.118. The first-order valence-electron chi connectivity index (χ1n) is 9.99. The van der Waals surface area contributed by atoms with E-state index in [0.29, 0.717) is 12.2 Å². The molecule has 1 N–H and O–H groups in total. The van der Waals surface area contributed by atoms with Gasteiger partial charge in [-0.25, -0.2) is 8.42 Å². The van der Waals surface area contributed by atoms with Crippen LogP contribution in [0.5, 0.6) is 5.75 Å². The van der Waals surface area contributed by atoms with Crippen LogP contribution in [0.15, 0.2) is 42.5 Å². The fourth-order valence-electron chi connectivity index (χ4n) is 4.12. The van der Waals surface area contributed by atoms with Crippen LogP contribution in [0.2, 0.25) is 0 Å². The van der Waals surface area contributed by atoms with Gasteiger partial charge in [0.05, 0.1) is 24.0 Å². The Morgan fingerprint density at radius 1 is 1.21 bits per heavy atom. The Kier molecular flexibility index (Phi) is 5.02. The van der Waals surface area contributed by atoms with Crippen LogP contribution in [-0.4, -0.2) is 33.7 Å². The SMILES string of the molecule is CCS(=O)(=O)N1CCCc2cc(NC(=O)C3(c4ccccc4OC)CC3)ccc21. The molecule has 0 saturated heterocycles. The molecule has 1 saturated carbocycles. The first kappa shape index (κ1) is 19.8. The third-order valence-electron chi connectivity index (χ3n) is 5.92. The number of aryl methyl sites for hydroxylation is 1. The molecule has 2 aromatic rings. The maximum absolute atomic E-state index is 13.1. The summed E-state index contributed by atoms with van der Waals surface area (Å²) in [6.45, 7) is 2.16. The van der Waals surface area contributed by atoms with Crippen LogP contribution in [0.1, 0.15) is 37.3 Å². The van der Waals surface area contributed by atoms with Gasteiger partial charge < -0.3 is 10.1 Å². The van der Waals surface area contributed by atoms with Gasteiger partial charge in [0.1, 0.15) is 5.75 Å². The number of benzene rings is 2. The molecule has 1 aliphatic carbocycles. The fraction of sp³-hybridized carbons (Fsp3) is 0.409. The normalized spacial score (nSPS) is 17.4. The molecule has 4 rings (SSSR count). The van der Waals surface area contributed by atoms with Crippen LogP contribution < -0.4 is 14.4 Å². The fourth-order valence-corrected chi connectivity index (χ4v) is 5.32. The highest BCUT2D eigenvalue weighted by atomic mass is 32.2. The van der Waals surface area contributed by atoms with Crippen molar-refractivity contribution in [2.75, 3.05) is 29.0 Å². The average molecular weight is 415 g/mol. The minimum Gasteiger partial charge on any atom is -0.496 e.